The first kappa shape index (κ1) is 16.7. The Morgan fingerprint density at radius 3 is 2.20 bits per heavy atom. The molecule has 2 unspecified atom stereocenters. The van der Waals surface area contributed by atoms with Crippen molar-refractivity contribution in [1.29, 1.82) is 0 Å². The summed E-state index contributed by atoms with van der Waals surface area (Å²) >= 11 is 0. The van der Waals surface area contributed by atoms with E-state index in [-0.39, 0.29) is 11.6 Å². The van der Waals surface area contributed by atoms with Gasteiger partial charge < -0.3 is 5.73 Å². The van der Waals surface area contributed by atoms with Crippen LogP contribution in [0, 0.1) is 0 Å². The zero-order chi connectivity index (χ0) is 15.0. The summed E-state index contributed by atoms with van der Waals surface area (Å²) in [5.74, 6) is 0. The average molecular weight is 272 g/mol. The molecule has 0 radical (unpaired) electrons. The first-order valence-corrected chi connectivity index (χ1v) is 7.38. The minimum atomic E-state index is -0.386. The molecule has 0 aromatic heterocycles. The second-order valence-corrected chi connectivity index (χ2v) is 5.48. The predicted octanol–water partition coefficient (Wildman–Crippen LogP) is 3.70. The Labute approximate surface area is 124 Å². The molecule has 1 aromatic carbocycles. The van der Waals surface area contributed by atoms with Crippen LogP contribution in [-0.2, 0) is 5.54 Å². The molecule has 0 saturated carbocycles. The smallest absolute Gasteiger partial charge is 0.0538 e. The molecule has 0 saturated heterocycles. The molecule has 0 spiro atoms. The van der Waals surface area contributed by atoms with Crippen molar-refractivity contribution in [3.63, 3.8) is 0 Å². The molecule has 1 aromatic rings. The van der Waals surface area contributed by atoms with E-state index >= 15 is 0 Å². The van der Waals surface area contributed by atoms with Crippen molar-refractivity contribution >= 4 is 0 Å². The zero-order valence-electron chi connectivity index (χ0n) is 12.9. The van der Waals surface area contributed by atoms with Gasteiger partial charge in [-0.2, -0.15) is 0 Å². The van der Waals surface area contributed by atoms with Gasteiger partial charge in [0.25, 0.3) is 0 Å². The lowest BCUT2D eigenvalue weighted by atomic mass is 9.82. The molecule has 2 N–H and O–H groups in total. The minimum Gasteiger partial charge on any atom is -0.320 e. The first-order valence-electron chi connectivity index (χ1n) is 7.38. The van der Waals surface area contributed by atoms with Crippen molar-refractivity contribution in [2.75, 3.05) is 13.1 Å². The van der Waals surface area contributed by atoms with Gasteiger partial charge in [-0.25, -0.2) is 0 Å². The number of hydrogen-bond acceptors (Lipinski definition) is 2. The molecule has 0 aliphatic heterocycles. The SMILES string of the molecule is C=CCN(CC=C)C(CCC)C(C)(N)c1ccccc1. The monoisotopic (exact) mass is 272 g/mol. The van der Waals surface area contributed by atoms with E-state index in [2.05, 4.69) is 56.2 Å². The van der Waals surface area contributed by atoms with E-state index in [4.69, 9.17) is 5.73 Å². The maximum absolute atomic E-state index is 6.72. The van der Waals surface area contributed by atoms with Crippen molar-refractivity contribution in [3.05, 3.63) is 61.2 Å². The predicted molar refractivity (Wildman–Crippen MR) is 88.6 cm³/mol. The molecule has 0 bridgehead atoms. The van der Waals surface area contributed by atoms with E-state index < -0.39 is 0 Å². The van der Waals surface area contributed by atoms with Gasteiger partial charge in [0.15, 0.2) is 0 Å². The van der Waals surface area contributed by atoms with Gasteiger partial charge in [0, 0.05) is 19.1 Å². The van der Waals surface area contributed by atoms with Crippen molar-refractivity contribution in [2.24, 2.45) is 5.73 Å². The molecule has 1 rings (SSSR count). The highest BCUT2D eigenvalue weighted by atomic mass is 15.2. The zero-order valence-corrected chi connectivity index (χ0v) is 12.9. The van der Waals surface area contributed by atoms with Gasteiger partial charge in [0.1, 0.15) is 0 Å². The molecule has 2 heteroatoms. The Hall–Kier alpha value is -1.38. The summed E-state index contributed by atoms with van der Waals surface area (Å²) in [6.45, 7) is 13.7. The fraction of sp³-hybridized carbons (Fsp3) is 0.444. The molecule has 0 amide bonds. The topological polar surface area (TPSA) is 29.3 Å². The first-order chi connectivity index (χ1) is 9.57. The van der Waals surface area contributed by atoms with E-state index in [0.29, 0.717) is 0 Å². The second kappa shape index (κ2) is 8.03. The van der Waals surface area contributed by atoms with Gasteiger partial charge in [0.05, 0.1) is 5.54 Å². The normalized spacial score (nSPS) is 15.6. The Balaban J connectivity index is 3.09. The van der Waals surface area contributed by atoms with Gasteiger partial charge in [-0.3, -0.25) is 4.90 Å². The third-order valence-corrected chi connectivity index (χ3v) is 3.82. The fourth-order valence-electron chi connectivity index (χ4n) is 2.79. The third kappa shape index (κ3) is 4.06. The molecular weight excluding hydrogens is 244 g/mol. The summed E-state index contributed by atoms with van der Waals surface area (Å²) in [4.78, 5) is 2.36. The number of benzene rings is 1. The van der Waals surface area contributed by atoms with Crippen LogP contribution in [0.1, 0.15) is 32.3 Å². The van der Waals surface area contributed by atoms with Crippen LogP contribution in [0.4, 0.5) is 0 Å². The fourth-order valence-corrected chi connectivity index (χ4v) is 2.79. The highest BCUT2D eigenvalue weighted by Gasteiger charge is 2.34. The van der Waals surface area contributed by atoms with Crippen LogP contribution in [0.25, 0.3) is 0 Å². The maximum Gasteiger partial charge on any atom is 0.0538 e. The van der Waals surface area contributed by atoms with E-state index in [1.54, 1.807) is 0 Å². The largest absolute Gasteiger partial charge is 0.320 e. The molecule has 20 heavy (non-hydrogen) atoms. The number of hydrogen-bond donors (Lipinski definition) is 1. The van der Waals surface area contributed by atoms with Crippen molar-refractivity contribution in [3.8, 4) is 0 Å². The molecule has 2 atom stereocenters. The van der Waals surface area contributed by atoms with E-state index in [1.807, 2.05) is 18.2 Å². The van der Waals surface area contributed by atoms with Crippen molar-refractivity contribution in [2.45, 2.75) is 38.3 Å². The molecule has 0 heterocycles. The van der Waals surface area contributed by atoms with Crippen LogP contribution in [0.2, 0.25) is 0 Å². The Morgan fingerprint density at radius 2 is 1.75 bits per heavy atom. The van der Waals surface area contributed by atoms with Gasteiger partial charge in [-0.05, 0) is 18.9 Å². The van der Waals surface area contributed by atoms with Crippen LogP contribution in [0.3, 0.4) is 0 Å². The lowest BCUT2D eigenvalue weighted by Gasteiger charge is -2.42. The average Bonchev–Trinajstić information content (AvgIpc) is 2.45. The number of rotatable bonds is 9. The van der Waals surface area contributed by atoms with Crippen LogP contribution < -0.4 is 5.73 Å². The molecule has 0 aliphatic carbocycles. The van der Waals surface area contributed by atoms with Crippen molar-refractivity contribution < 1.29 is 0 Å². The highest BCUT2D eigenvalue weighted by Crippen LogP contribution is 2.28. The summed E-state index contributed by atoms with van der Waals surface area (Å²) in [6.07, 6.45) is 6.04. The van der Waals surface area contributed by atoms with E-state index in [0.717, 1.165) is 25.9 Å². The van der Waals surface area contributed by atoms with Gasteiger partial charge in [-0.15, -0.1) is 13.2 Å². The summed E-state index contributed by atoms with van der Waals surface area (Å²) in [5.41, 5.74) is 7.51. The highest BCUT2D eigenvalue weighted by molar-refractivity contribution is 5.25. The molecule has 0 fully saturated rings. The van der Waals surface area contributed by atoms with Gasteiger partial charge in [-0.1, -0.05) is 55.8 Å². The van der Waals surface area contributed by atoms with E-state index in [9.17, 15) is 0 Å². The Bertz CT molecular complexity index is 399. The van der Waals surface area contributed by atoms with Gasteiger partial charge >= 0.3 is 0 Å². The maximum atomic E-state index is 6.72. The Morgan fingerprint density at radius 1 is 1.20 bits per heavy atom. The summed E-state index contributed by atoms with van der Waals surface area (Å²) in [7, 11) is 0. The Kier molecular flexibility index (Phi) is 6.69. The third-order valence-electron chi connectivity index (χ3n) is 3.82. The summed E-state index contributed by atoms with van der Waals surface area (Å²) in [5, 5.41) is 0. The minimum absolute atomic E-state index is 0.269. The standard InChI is InChI=1S/C18H28N2/c1-5-11-17(20(14-6-2)15-7-3)18(4,19)16-12-9-8-10-13-16/h6-10,12-13,17H,2-3,5,11,14-15,19H2,1,4H3. The number of nitrogens with two attached hydrogens (primary N) is 1. The van der Waals surface area contributed by atoms with Crippen LogP contribution in [0.15, 0.2) is 55.6 Å². The van der Waals surface area contributed by atoms with Crippen molar-refractivity contribution in [1.82, 2.24) is 4.90 Å². The summed E-state index contributed by atoms with van der Waals surface area (Å²) in [6, 6.07) is 10.6. The second-order valence-electron chi connectivity index (χ2n) is 5.48. The molecule has 110 valence electrons. The van der Waals surface area contributed by atoms with Crippen LogP contribution >= 0.6 is 0 Å². The van der Waals surface area contributed by atoms with Crippen LogP contribution in [0.5, 0.6) is 0 Å². The molecular formula is C18H28N2. The summed E-state index contributed by atoms with van der Waals surface area (Å²) < 4.78 is 0. The lowest BCUT2D eigenvalue weighted by molar-refractivity contribution is 0.144. The van der Waals surface area contributed by atoms with Gasteiger partial charge in [0.2, 0.25) is 0 Å². The molecule has 2 nitrogen and oxygen atoms in total. The molecule has 0 aliphatic rings. The lowest BCUT2D eigenvalue weighted by Crippen LogP contribution is -2.54. The number of nitrogens with zero attached hydrogens (tertiary/aromatic N) is 1. The van der Waals surface area contributed by atoms with Crippen LogP contribution in [-0.4, -0.2) is 24.0 Å². The van der Waals surface area contributed by atoms with E-state index in [1.165, 1.54) is 5.56 Å². The quantitative estimate of drug-likeness (QED) is 0.694.